The molecule has 0 saturated heterocycles. The van der Waals surface area contributed by atoms with Crippen LogP contribution in [0, 0.1) is 0 Å². The van der Waals surface area contributed by atoms with Crippen molar-refractivity contribution in [3.05, 3.63) is 46.6 Å². The summed E-state index contributed by atoms with van der Waals surface area (Å²) in [6, 6.07) is 7.27. The molecule has 1 amide bonds. The number of carboxylic acids is 1. The number of benzene rings is 1. The number of aromatic carboxylic acids is 1. The zero-order chi connectivity index (χ0) is 24.5. The Labute approximate surface area is 199 Å². The highest BCUT2D eigenvalue weighted by atomic mass is 79.9. The van der Waals surface area contributed by atoms with E-state index in [1.807, 2.05) is 18.2 Å². The van der Waals surface area contributed by atoms with E-state index in [2.05, 4.69) is 53.2 Å². The van der Waals surface area contributed by atoms with Gasteiger partial charge in [-0.25, -0.2) is 9.59 Å². The van der Waals surface area contributed by atoms with Crippen molar-refractivity contribution in [3.8, 4) is 0 Å². The van der Waals surface area contributed by atoms with Crippen LogP contribution >= 0.6 is 15.9 Å². The van der Waals surface area contributed by atoms with E-state index < -0.39 is 17.7 Å². The molecule has 1 aromatic carbocycles. The van der Waals surface area contributed by atoms with Gasteiger partial charge in [0.15, 0.2) is 0 Å². The molecule has 0 aliphatic rings. The number of hydrogen-bond acceptors (Lipinski definition) is 4. The Morgan fingerprint density at radius 3 is 2.12 bits per heavy atom. The van der Waals surface area contributed by atoms with Gasteiger partial charge in [0.1, 0.15) is 11.3 Å². The maximum absolute atomic E-state index is 12.5. The molecule has 0 radical (unpaired) electrons. The van der Waals surface area contributed by atoms with Crippen LogP contribution in [0.1, 0.15) is 57.6 Å². The minimum absolute atomic E-state index is 0.0648. The summed E-state index contributed by atoms with van der Waals surface area (Å²) in [6.07, 6.45) is -0.533. The van der Waals surface area contributed by atoms with Gasteiger partial charge in [0.2, 0.25) is 0 Å². The number of carbonyl (C=O) groups is 2. The van der Waals surface area contributed by atoms with Crippen molar-refractivity contribution < 1.29 is 19.4 Å². The van der Waals surface area contributed by atoms with Crippen LogP contribution in [-0.2, 0) is 11.3 Å². The molecule has 0 bridgehead atoms. The van der Waals surface area contributed by atoms with Crippen LogP contribution in [0.3, 0.4) is 0 Å². The number of fused-ring (bicyclic) bond motifs is 1. The molecule has 0 saturated carbocycles. The number of H-pyrrole nitrogens is 1. The van der Waals surface area contributed by atoms with Gasteiger partial charge in [-0.2, -0.15) is 0 Å². The number of amides is 1. The first-order chi connectivity index (χ1) is 14.9. The second kappa shape index (κ2) is 12.6. The average Bonchev–Trinajstić information content (AvgIpc) is 3.07. The number of carboxylic acid groups (broad SMARTS) is 1. The number of aromatic nitrogens is 1. The summed E-state index contributed by atoms with van der Waals surface area (Å²) in [5, 5.41) is 10.3. The lowest BCUT2D eigenvalue weighted by molar-refractivity contribution is 0.0254. The Kier molecular flexibility index (Phi) is 11.0. The third-order valence-corrected chi connectivity index (χ3v) is 4.98. The van der Waals surface area contributed by atoms with Crippen LogP contribution in [-0.4, -0.2) is 63.7 Å². The third-order valence-electron chi connectivity index (χ3n) is 4.73. The molecular formula is C24H36BrN3O4. The second-order valence-corrected chi connectivity index (χ2v) is 9.42. The Balaban J connectivity index is 0.000000633. The highest BCUT2D eigenvalue weighted by Crippen LogP contribution is 2.25. The number of para-hydroxylation sites is 1. The van der Waals surface area contributed by atoms with Crippen molar-refractivity contribution in [2.75, 3.05) is 26.2 Å². The van der Waals surface area contributed by atoms with Crippen molar-refractivity contribution in [2.24, 2.45) is 0 Å². The van der Waals surface area contributed by atoms with Gasteiger partial charge in [-0.05, 0) is 46.5 Å². The van der Waals surface area contributed by atoms with Crippen LogP contribution in [0.15, 0.2) is 35.3 Å². The number of nitrogens with one attached hydrogen (secondary N) is 1. The molecule has 0 aliphatic heterocycles. The van der Waals surface area contributed by atoms with Gasteiger partial charge >= 0.3 is 12.1 Å². The van der Waals surface area contributed by atoms with Crippen molar-refractivity contribution in [1.82, 2.24) is 14.8 Å². The molecule has 7 nitrogen and oxygen atoms in total. The molecule has 8 heteroatoms. The molecular weight excluding hydrogens is 474 g/mol. The molecule has 178 valence electrons. The van der Waals surface area contributed by atoms with Crippen LogP contribution in [0.2, 0.25) is 0 Å². The smallest absolute Gasteiger partial charge is 0.410 e. The predicted molar refractivity (Wildman–Crippen MR) is 133 cm³/mol. The molecule has 32 heavy (non-hydrogen) atoms. The molecule has 1 aromatic heterocycles. The zero-order valence-electron chi connectivity index (χ0n) is 20.0. The van der Waals surface area contributed by atoms with Gasteiger partial charge in [0.05, 0.1) is 13.1 Å². The third kappa shape index (κ3) is 8.67. The summed E-state index contributed by atoms with van der Waals surface area (Å²) in [6.45, 7) is 19.5. The highest BCUT2D eigenvalue weighted by molar-refractivity contribution is 9.11. The van der Waals surface area contributed by atoms with Crippen LogP contribution in [0.4, 0.5) is 4.79 Å². The molecule has 0 spiro atoms. The molecule has 0 atom stereocenters. The Hall–Kier alpha value is -2.32. The fraction of sp³-hybridized carbons (Fsp3) is 0.500. The van der Waals surface area contributed by atoms with Gasteiger partial charge in [-0.15, -0.1) is 0 Å². The summed E-state index contributed by atoms with van der Waals surface area (Å²) in [4.78, 5) is 30.8. The molecule has 0 unspecified atom stereocenters. The summed E-state index contributed by atoms with van der Waals surface area (Å²) < 4.78 is 6.02. The maximum atomic E-state index is 12.5. The molecule has 0 fully saturated rings. The fourth-order valence-electron chi connectivity index (χ4n) is 3.13. The van der Waals surface area contributed by atoms with Gasteiger partial charge in [-0.3, -0.25) is 4.90 Å². The SMILES string of the molecule is C=C(Br)CN(Cc1c(C(=O)O)[nH]c2ccccc12)C(=O)OC(C)(C)C.CCN(CC)CC. The van der Waals surface area contributed by atoms with E-state index >= 15 is 0 Å². The van der Waals surface area contributed by atoms with Crippen molar-refractivity contribution in [3.63, 3.8) is 0 Å². The number of carbonyl (C=O) groups excluding carboxylic acids is 1. The van der Waals surface area contributed by atoms with Crippen molar-refractivity contribution in [2.45, 2.75) is 53.7 Å². The lowest BCUT2D eigenvalue weighted by atomic mass is 10.1. The minimum Gasteiger partial charge on any atom is -0.477 e. The van der Waals surface area contributed by atoms with Gasteiger partial charge in [0.25, 0.3) is 0 Å². The van der Waals surface area contributed by atoms with E-state index in [1.165, 1.54) is 24.5 Å². The van der Waals surface area contributed by atoms with Crippen molar-refractivity contribution >= 4 is 38.9 Å². The van der Waals surface area contributed by atoms with Crippen molar-refractivity contribution in [1.29, 1.82) is 0 Å². The van der Waals surface area contributed by atoms with E-state index in [0.717, 1.165) is 5.39 Å². The second-order valence-electron chi connectivity index (χ2n) is 8.30. The van der Waals surface area contributed by atoms with E-state index in [9.17, 15) is 14.7 Å². The summed E-state index contributed by atoms with van der Waals surface area (Å²) in [5.41, 5.74) is 0.646. The first-order valence-corrected chi connectivity index (χ1v) is 11.6. The lowest BCUT2D eigenvalue weighted by Gasteiger charge is -2.27. The Morgan fingerprint density at radius 2 is 1.69 bits per heavy atom. The maximum Gasteiger partial charge on any atom is 0.410 e. The van der Waals surface area contributed by atoms with Gasteiger partial charge in [-0.1, -0.05) is 61.5 Å². The quantitative estimate of drug-likeness (QED) is 0.465. The summed E-state index contributed by atoms with van der Waals surface area (Å²) in [7, 11) is 0. The Morgan fingerprint density at radius 1 is 1.12 bits per heavy atom. The number of ether oxygens (including phenoxy) is 1. The normalized spacial score (nSPS) is 11.1. The number of rotatable bonds is 8. The average molecular weight is 510 g/mol. The highest BCUT2D eigenvalue weighted by Gasteiger charge is 2.26. The molecule has 2 aromatic rings. The van der Waals surface area contributed by atoms with Gasteiger partial charge in [0, 0.05) is 20.9 Å². The molecule has 0 aliphatic carbocycles. The standard InChI is InChI=1S/C18H21BrN2O4.C6H15N/c1-11(19)9-21(17(24)25-18(2,3)4)10-13-12-7-5-6-8-14(12)20-15(13)16(22)23;1-4-7(5-2)6-3/h5-8,20H,1,9-10H2,2-4H3,(H,22,23);4-6H2,1-3H3. The largest absolute Gasteiger partial charge is 0.477 e. The van der Waals surface area contributed by atoms with E-state index in [4.69, 9.17) is 4.74 Å². The monoisotopic (exact) mass is 509 g/mol. The Bertz CT molecular complexity index is 908. The number of halogens is 1. The number of aromatic amines is 1. The van der Waals surface area contributed by atoms with Crippen LogP contribution < -0.4 is 0 Å². The van der Waals surface area contributed by atoms with E-state index in [-0.39, 0.29) is 18.8 Å². The zero-order valence-corrected chi connectivity index (χ0v) is 21.6. The minimum atomic E-state index is -1.08. The molecule has 2 rings (SSSR count). The van der Waals surface area contributed by atoms with Gasteiger partial charge < -0.3 is 19.7 Å². The lowest BCUT2D eigenvalue weighted by Crippen LogP contribution is -2.37. The number of nitrogens with zero attached hydrogens (tertiary/aromatic N) is 2. The summed E-state index contributed by atoms with van der Waals surface area (Å²) in [5.74, 6) is -1.08. The van der Waals surface area contributed by atoms with E-state index in [1.54, 1.807) is 26.8 Å². The van der Waals surface area contributed by atoms with E-state index in [0.29, 0.717) is 15.6 Å². The number of hydrogen-bond donors (Lipinski definition) is 2. The molecule has 2 N–H and O–H groups in total. The fourth-order valence-corrected chi connectivity index (χ4v) is 3.43. The van der Waals surface area contributed by atoms with Crippen LogP contribution in [0.5, 0.6) is 0 Å². The summed E-state index contributed by atoms with van der Waals surface area (Å²) >= 11 is 3.26. The first-order valence-electron chi connectivity index (χ1n) is 10.8. The molecule has 1 heterocycles. The van der Waals surface area contributed by atoms with Crippen LogP contribution in [0.25, 0.3) is 10.9 Å². The first kappa shape index (κ1) is 27.7. The topological polar surface area (TPSA) is 85.9 Å². The predicted octanol–water partition coefficient (Wildman–Crippen LogP) is 5.86.